The van der Waals surface area contributed by atoms with Gasteiger partial charge in [-0.05, 0) is 62.7 Å². The summed E-state index contributed by atoms with van der Waals surface area (Å²) in [6.45, 7) is 6.33. The van der Waals surface area contributed by atoms with Crippen LogP contribution in [0.3, 0.4) is 0 Å². The standard InChI is InChI=1S/C36H29ClN2O6/c1-4-41-32-16-22(10-14-30(32)42-19-23-7-5-6-8-28(23)37)33-25-12-11-24(17-31(25)45-35(39)27(33)18-38)43-36(40)34-21(3)26-15-20(2)9-13-29(26)44-34/h5-17,33H,4,19,39H2,1-3H3. The molecule has 4 aromatic carbocycles. The van der Waals surface area contributed by atoms with Crippen molar-refractivity contribution in [3.05, 3.63) is 129 Å². The van der Waals surface area contributed by atoms with E-state index >= 15 is 0 Å². The van der Waals surface area contributed by atoms with E-state index < -0.39 is 11.9 Å². The Hall–Kier alpha value is -5.39. The number of hydrogen-bond acceptors (Lipinski definition) is 8. The number of carbonyl (C=O) groups is 1. The number of nitrogens with two attached hydrogens (primary N) is 1. The molecule has 0 aliphatic carbocycles. The van der Waals surface area contributed by atoms with Gasteiger partial charge in [0.25, 0.3) is 0 Å². The number of fused-ring (bicyclic) bond motifs is 2. The van der Waals surface area contributed by atoms with E-state index in [1.165, 1.54) is 0 Å². The highest BCUT2D eigenvalue weighted by Crippen LogP contribution is 2.45. The molecule has 1 aliphatic rings. The number of nitriles is 1. The van der Waals surface area contributed by atoms with Crippen LogP contribution in [0.2, 0.25) is 5.02 Å². The van der Waals surface area contributed by atoms with Crippen molar-refractivity contribution in [2.75, 3.05) is 6.61 Å². The largest absolute Gasteiger partial charge is 0.490 e. The lowest BCUT2D eigenvalue weighted by Gasteiger charge is -2.27. The molecule has 0 fully saturated rings. The normalized spacial score (nSPS) is 14.0. The molecular formula is C36H29ClN2O6. The van der Waals surface area contributed by atoms with Crippen molar-refractivity contribution in [1.82, 2.24) is 0 Å². The Morgan fingerprint density at radius 2 is 1.82 bits per heavy atom. The quantitative estimate of drug-likeness (QED) is 0.136. The van der Waals surface area contributed by atoms with Crippen molar-refractivity contribution in [3.63, 3.8) is 0 Å². The second-order valence-corrected chi connectivity index (χ2v) is 11.0. The lowest BCUT2D eigenvalue weighted by Crippen LogP contribution is -2.21. The van der Waals surface area contributed by atoms with Gasteiger partial charge in [0.05, 0.1) is 12.5 Å². The smallest absolute Gasteiger partial charge is 0.379 e. The Bertz CT molecular complexity index is 2020. The highest BCUT2D eigenvalue weighted by atomic mass is 35.5. The van der Waals surface area contributed by atoms with Crippen LogP contribution in [-0.2, 0) is 6.61 Å². The Morgan fingerprint density at radius 3 is 2.60 bits per heavy atom. The van der Waals surface area contributed by atoms with Crippen LogP contribution in [0.25, 0.3) is 11.0 Å². The zero-order valence-corrected chi connectivity index (χ0v) is 25.6. The number of aryl methyl sites for hydroxylation is 2. The first-order chi connectivity index (χ1) is 21.8. The molecule has 2 N–H and O–H groups in total. The van der Waals surface area contributed by atoms with Gasteiger partial charge in [-0.2, -0.15) is 5.26 Å². The molecule has 1 aromatic heterocycles. The third-order valence-electron chi connectivity index (χ3n) is 7.62. The van der Waals surface area contributed by atoms with Gasteiger partial charge in [0.15, 0.2) is 11.5 Å². The number of halogens is 1. The van der Waals surface area contributed by atoms with Crippen molar-refractivity contribution < 1.29 is 28.2 Å². The zero-order chi connectivity index (χ0) is 31.7. The minimum Gasteiger partial charge on any atom is -0.490 e. The summed E-state index contributed by atoms with van der Waals surface area (Å²) in [6.07, 6.45) is 0. The molecule has 0 radical (unpaired) electrons. The van der Waals surface area contributed by atoms with Crippen LogP contribution in [0.4, 0.5) is 0 Å². The van der Waals surface area contributed by atoms with Gasteiger partial charge in [0, 0.05) is 33.2 Å². The molecule has 1 unspecified atom stereocenters. The predicted molar refractivity (Wildman–Crippen MR) is 170 cm³/mol. The van der Waals surface area contributed by atoms with Crippen molar-refractivity contribution in [2.45, 2.75) is 33.3 Å². The van der Waals surface area contributed by atoms with Crippen molar-refractivity contribution in [3.8, 4) is 29.1 Å². The first kappa shape index (κ1) is 29.7. The highest BCUT2D eigenvalue weighted by molar-refractivity contribution is 6.31. The third kappa shape index (κ3) is 5.78. The first-order valence-corrected chi connectivity index (χ1v) is 14.7. The van der Waals surface area contributed by atoms with Crippen LogP contribution in [-0.4, -0.2) is 12.6 Å². The average molecular weight is 621 g/mol. The number of ether oxygens (including phenoxy) is 4. The summed E-state index contributed by atoms with van der Waals surface area (Å²) < 4.78 is 29.4. The summed E-state index contributed by atoms with van der Waals surface area (Å²) in [5.74, 6) is 0.507. The molecule has 45 heavy (non-hydrogen) atoms. The number of benzene rings is 4. The average Bonchev–Trinajstić information content (AvgIpc) is 3.36. The second kappa shape index (κ2) is 12.3. The maximum absolute atomic E-state index is 13.1. The maximum Gasteiger partial charge on any atom is 0.379 e. The molecule has 0 spiro atoms. The van der Waals surface area contributed by atoms with Crippen molar-refractivity contribution in [2.24, 2.45) is 5.73 Å². The van der Waals surface area contributed by atoms with Gasteiger partial charge in [0.1, 0.15) is 35.3 Å². The monoisotopic (exact) mass is 620 g/mol. The van der Waals surface area contributed by atoms with Crippen molar-refractivity contribution in [1.29, 1.82) is 5.26 Å². The fourth-order valence-electron chi connectivity index (χ4n) is 5.39. The van der Waals surface area contributed by atoms with E-state index in [0.29, 0.717) is 45.6 Å². The number of hydrogen-bond donors (Lipinski definition) is 1. The molecule has 226 valence electrons. The lowest BCUT2D eigenvalue weighted by molar-refractivity contribution is 0.0702. The van der Waals surface area contributed by atoms with E-state index in [1.54, 1.807) is 24.3 Å². The minimum atomic E-state index is -0.636. The molecule has 0 saturated heterocycles. The van der Waals surface area contributed by atoms with Gasteiger partial charge in [-0.25, -0.2) is 4.79 Å². The summed E-state index contributed by atoms with van der Waals surface area (Å²) in [5, 5.41) is 11.5. The molecule has 5 aromatic rings. The van der Waals surface area contributed by atoms with E-state index in [0.717, 1.165) is 22.1 Å². The van der Waals surface area contributed by atoms with Crippen LogP contribution in [0.15, 0.2) is 94.7 Å². The van der Waals surface area contributed by atoms with Crippen LogP contribution in [0.1, 0.15) is 51.2 Å². The van der Waals surface area contributed by atoms with E-state index in [-0.39, 0.29) is 29.6 Å². The van der Waals surface area contributed by atoms with Gasteiger partial charge in [0.2, 0.25) is 11.6 Å². The molecule has 1 aliphatic heterocycles. The van der Waals surface area contributed by atoms with Crippen LogP contribution >= 0.6 is 11.6 Å². The summed E-state index contributed by atoms with van der Waals surface area (Å²) in [4.78, 5) is 13.1. The van der Waals surface area contributed by atoms with E-state index in [2.05, 4.69) is 6.07 Å². The van der Waals surface area contributed by atoms with Gasteiger partial charge in [-0.1, -0.05) is 53.6 Å². The Morgan fingerprint density at radius 1 is 1.00 bits per heavy atom. The van der Waals surface area contributed by atoms with Crippen LogP contribution < -0.4 is 24.7 Å². The molecular weight excluding hydrogens is 592 g/mol. The Kier molecular flexibility index (Phi) is 8.12. The number of furan rings is 1. The van der Waals surface area contributed by atoms with Gasteiger partial charge in [-0.3, -0.25) is 0 Å². The van der Waals surface area contributed by atoms with E-state index in [1.807, 2.05) is 75.4 Å². The molecule has 0 saturated carbocycles. The minimum absolute atomic E-state index is 0.0426. The van der Waals surface area contributed by atoms with Crippen LogP contribution in [0.5, 0.6) is 23.0 Å². The summed E-state index contributed by atoms with van der Waals surface area (Å²) >= 11 is 6.31. The topological polar surface area (TPSA) is 117 Å². The van der Waals surface area contributed by atoms with Gasteiger partial charge in [-0.15, -0.1) is 0 Å². The zero-order valence-electron chi connectivity index (χ0n) is 24.8. The summed E-state index contributed by atoms with van der Waals surface area (Å²) in [7, 11) is 0. The highest BCUT2D eigenvalue weighted by Gasteiger charge is 2.32. The van der Waals surface area contributed by atoms with Crippen LogP contribution in [0, 0.1) is 25.2 Å². The predicted octanol–water partition coefficient (Wildman–Crippen LogP) is 8.12. The molecule has 8 nitrogen and oxygen atoms in total. The van der Waals surface area contributed by atoms with E-state index in [9.17, 15) is 10.1 Å². The second-order valence-electron chi connectivity index (χ2n) is 10.6. The molecule has 6 rings (SSSR count). The number of nitrogens with zero attached hydrogens (tertiary/aromatic N) is 1. The van der Waals surface area contributed by atoms with Gasteiger partial charge < -0.3 is 29.1 Å². The Balaban J connectivity index is 1.30. The summed E-state index contributed by atoms with van der Waals surface area (Å²) in [6, 6.07) is 25.8. The summed E-state index contributed by atoms with van der Waals surface area (Å²) in [5.41, 5.74) is 11.1. The van der Waals surface area contributed by atoms with Gasteiger partial charge >= 0.3 is 5.97 Å². The number of esters is 1. The molecule has 0 amide bonds. The number of allylic oxidation sites excluding steroid dienone is 1. The SMILES string of the molecule is CCOc1cc(C2C(C#N)=C(N)Oc3cc(OC(=O)c4oc5ccc(C)cc5c4C)ccc32)ccc1OCc1ccccc1Cl. The van der Waals surface area contributed by atoms with E-state index in [4.69, 9.17) is 40.7 Å². The fraction of sp³-hybridized carbons (Fsp3) is 0.167. The Labute approximate surface area is 265 Å². The molecule has 1 atom stereocenters. The number of carbonyl (C=O) groups excluding carboxylic acids is 1. The fourth-order valence-corrected chi connectivity index (χ4v) is 5.58. The molecule has 9 heteroatoms. The lowest BCUT2D eigenvalue weighted by atomic mass is 9.83. The third-order valence-corrected chi connectivity index (χ3v) is 7.99. The number of rotatable bonds is 8. The molecule has 2 heterocycles. The van der Waals surface area contributed by atoms with Crippen molar-refractivity contribution >= 4 is 28.5 Å². The first-order valence-electron chi connectivity index (χ1n) is 14.3. The maximum atomic E-state index is 13.1. The molecule has 0 bridgehead atoms.